The summed E-state index contributed by atoms with van der Waals surface area (Å²) in [7, 11) is 3.34. The fraction of sp³-hybridized carbons (Fsp3) is 0.650. The fourth-order valence-corrected chi connectivity index (χ4v) is 3.32. The first-order valence-electron chi connectivity index (χ1n) is 9.42. The number of piperidine rings is 1. The van der Waals surface area contributed by atoms with Crippen molar-refractivity contribution in [3.05, 3.63) is 35.1 Å². The number of guanidine groups is 1. The van der Waals surface area contributed by atoms with Gasteiger partial charge in [-0.15, -0.1) is 0 Å². The van der Waals surface area contributed by atoms with Crippen molar-refractivity contribution in [2.24, 2.45) is 4.99 Å². The van der Waals surface area contributed by atoms with Gasteiger partial charge in [0.05, 0.1) is 6.61 Å². The average Bonchev–Trinajstić information content (AvgIpc) is 2.65. The number of likely N-dealkylation sites (tertiary alicyclic amines) is 1. The molecule has 1 heterocycles. The summed E-state index contributed by atoms with van der Waals surface area (Å²) in [5, 5.41) is 6.73. The number of nitrogens with zero attached hydrogens (tertiary/aromatic N) is 2. The first-order chi connectivity index (χ1) is 12.5. The Labute approximate surface area is 157 Å². The minimum atomic E-state index is -0.235. The van der Waals surface area contributed by atoms with Gasteiger partial charge in [-0.1, -0.05) is 12.5 Å². The van der Waals surface area contributed by atoms with Crippen molar-refractivity contribution in [2.45, 2.75) is 51.8 Å². The van der Waals surface area contributed by atoms with Crippen LogP contribution in [0.3, 0.4) is 0 Å². The van der Waals surface area contributed by atoms with Crippen LogP contribution in [0.4, 0.5) is 4.39 Å². The number of hydrogen-bond acceptors (Lipinski definition) is 3. The van der Waals surface area contributed by atoms with Gasteiger partial charge in [-0.3, -0.25) is 9.89 Å². The van der Waals surface area contributed by atoms with Gasteiger partial charge in [-0.05, 0) is 57.5 Å². The second-order valence-electron chi connectivity index (χ2n) is 7.50. The third kappa shape index (κ3) is 5.95. The predicted octanol–water partition coefficient (Wildman–Crippen LogP) is 2.90. The van der Waals surface area contributed by atoms with Crippen molar-refractivity contribution in [1.29, 1.82) is 0 Å². The molecule has 0 unspecified atom stereocenters. The summed E-state index contributed by atoms with van der Waals surface area (Å²) in [4.78, 5) is 6.85. The van der Waals surface area contributed by atoms with E-state index in [0.29, 0.717) is 12.1 Å². The molecule has 0 saturated carbocycles. The average molecular weight is 365 g/mol. The second kappa shape index (κ2) is 9.88. The van der Waals surface area contributed by atoms with E-state index in [9.17, 15) is 4.39 Å². The molecule has 5 nitrogen and oxygen atoms in total. The maximum atomic E-state index is 13.7. The van der Waals surface area contributed by atoms with Crippen molar-refractivity contribution in [2.75, 3.05) is 33.8 Å². The highest BCUT2D eigenvalue weighted by atomic mass is 19.1. The number of nitrogens with one attached hydrogen (secondary N) is 2. The molecule has 1 saturated heterocycles. The van der Waals surface area contributed by atoms with Crippen molar-refractivity contribution in [3.63, 3.8) is 0 Å². The highest BCUT2D eigenvalue weighted by Gasteiger charge is 2.27. The number of aliphatic imine (C=N–C) groups is 1. The Morgan fingerprint density at radius 3 is 2.62 bits per heavy atom. The first kappa shape index (κ1) is 20.6. The SMILES string of the molecule is CN=C(NCc1ccc(F)c(COC)c1)NCC(C)(C)N1CCCCC1. The molecule has 0 atom stereocenters. The van der Waals surface area contributed by atoms with E-state index in [0.717, 1.165) is 18.1 Å². The van der Waals surface area contributed by atoms with Crippen molar-refractivity contribution < 1.29 is 9.13 Å². The smallest absolute Gasteiger partial charge is 0.191 e. The quantitative estimate of drug-likeness (QED) is 0.577. The van der Waals surface area contributed by atoms with Crippen molar-refractivity contribution in [3.8, 4) is 0 Å². The standard InChI is InChI=1S/C20H33FN4O/c1-20(2,25-10-6-5-7-11-25)15-24-19(22-3)23-13-16-8-9-18(21)17(12-16)14-26-4/h8-9,12H,5-7,10-11,13-15H2,1-4H3,(H2,22,23,24). The second-order valence-corrected chi connectivity index (χ2v) is 7.50. The van der Waals surface area contributed by atoms with E-state index in [1.807, 2.05) is 6.07 Å². The topological polar surface area (TPSA) is 48.9 Å². The molecule has 1 fully saturated rings. The van der Waals surface area contributed by atoms with E-state index < -0.39 is 0 Å². The summed E-state index contributed by atoms with van der Waals surface area (Å²) in [5.74, 6) is 0.522. The largest absolute Gasteiger partial charge is 0.380 e. The predicted molar refractivity (Wildman–Crippen MR) is 105 cm³/mol. The Balaban J connectivity index is 1.86. The molecule has 1 aromatic rings. The summed E-state index contributed by atoms with van der Waals surface area (Å²) < 4.78 is 18.8. The Morgan fingerprint density at radius 2 is 1.96 bits per heavy atom. The van der Waals surface area contributed by atoms with Crippen LogP contribution in [-0.2, 0) is 17.9 Å². The molecule has 1 aliphatic rings. The van der Waals surface area contributed by atoms with Crippen LogP contribution in [0.5, 0.6) is 0 Å². The third-order valence-electron chi connectivity index (χ3n) is 4.99. The van der Waals surface area contributed by atoms with E-state index >= 15 is 0 Å². The van der Waals surface area contributed by atoms with Crippen LogP contribution in [0.25, 0.3) is 0 Å². The van der Waals surface area contributed by atoms with Crippen LogP contribution >= 0.6 is 0 Å². The Bertz CT molecular complexity index is 597. The van der Waals surface area contributed by atoms with Crippen LogP contribution < -0.4 is 10.6 Å². The van der Waals surface area contributed by atoms with Gasteiger partial charge in [-0.25, -0.2) is 4.39 Å². The van der Waals surface area contributed by atoms with Gasteiger partial charge in [0, 0.05) is 38.3 Å². The summed E-state index contributed by atoms with van der Waals surface area (Å²) in [6.07, 6.45) is 3.90. The van der Waals surface area contributed by atoms with Crippen molar-refractivity contribution >= 4 is 5.96 Å². The van der Waals surface area contributed by atoms with Gasteiger partial charge in [0.2, 0.25) is 0 Å². The van der Waals surface area contributed by atoms with Gasteiger partial charge >= 0.3 is 0 Å². The molecule has 1 aliphatic heterocycles. The van der Waals surface area contributed by atoms with E-state index in [1.165, 1.54) is 38.4 Å². The highest BCUT2D eigenvalue weighted by molar-refractivity contribution is 5.79. The molecule has 6 heteroatoms. The maximum Gasteiger partial charge on any atom is 0.191 e. The number of methoxy groups -OCH3 is 1. The van der Waals surface area contributed by atoms with Gasteiger partial charge in [-0.2, -0.15) is 0 Å². The highest BCUT2D eigenvalue weighted by Crippen LogP contribution is 2.19. The molecule has 0 bridgehead atoms. The maximum absolute atomic E-state index is 13.7. The summed E-state index contributed by atoms with van der Waals surface area (Å²) in [5.41, 5.74) is 1.65. The molecular formula is C20H33FN4O. The van der Waals surface area contributed by atoms with Gasteiger partial charge in [0.1, 0.15) is 5.82 Å². The lowest BCUT2D eigenvalue weighted by Crippen LogP contribution is -2.54. The van der Waals surface area contributed by atoms with Crippen LogP contribution in [0.15, 0.2) is 23.2 Å². The molecule has 26 heavy (non-hydrogen) atoms. The number of halogens is 1. The van der Waals surface area contributed by atoms with E-state index in [4.69, 9.17) is 4.74 Å². The lowest BCUT2D eigenvalue weighted by atomic mass is 9.98. The zero-order valence-corrected chi connectivity index (χ0v) is 16.6. The van der Waals surface area contributed by atoms with Gasteiger partial charge in [0.15, 0.2) is 5.96 Å². The van der Waals surface area contributed by atoms with Crippen molar-refractivity contribution in [1.82, 2.24) is 15.5 Å². The van der Waals surface area contributed by atoms with Gasteiger partial charge in [0.25, 0.3) is 0 Å². The van der Waals surface area contributed by atoms with E-state index in [-0.39, 0.29) is 18.0 Å². The molecular weight excluding hydrogens is 331 g/mol. The molecule has 1 aromatic carbocycles. The van der Waals surface area contributed by atoms with E-state index in [1.54, 1.807) is 20.2 Å². The molecule has 2 rings (SSSR count). The number of rotatable bonds is 7. The number of benzene rings is 1. The molecule has 0 aromatic heterocycles. The monoisotopic (exact) mass is 364 g/mol. The zero-order valence-electron chi connectivity index (χ0n) is 16.6. The number of hydrogen-bond donors (Lipinski definition) is 2. The molecule has 0 aliphatic carbocycles. The fourth-order valence-electron chi connectivity index (χ4n) is 3.32. The lowest BCUT2D eigenvalue weighted by molar-refractivity contribution is 0.0982. The van der Waals surface area contributed by atoms with E-state index in [2.05, 4.69) is 34.4 Å². The first-order valence-corrected chi connectivity index (χ1v) is 9.42. The molecule has 2 N–H and O–H groups in total. The van der Waals surface area contributed by atoms with Crippen LogP contribution in [0.2, 0.25) is 0 Å². The summed E-state index contributed by atoms with van der Waals surface area (Å²) in [6.45, 7) is 8.56. The Hall–Kier alpha value is -1.66. The molecule has 0 radical (unpaired) electrons. The van der Waals surface area contributed by atoms with Crippen LogP contribution in [0.1, 0.15) is 44.2 Å². The normalized spacial score (nSPS) is 16.6. The lowest BCUT2D eigenvalue weighted by Gasteiger charge is -2.41. The van der Waals surface area contributed by atoms with Crippen LogP contribution in [0, 0.1) is 5.82 Å². The Morgan fingerprint density at radius 1 is 1.23 bits per heavy atom. The third-order valence-corrected chi connectivity index (χ3v) is 4.99. The molecule has 0 amide bonds. The molecule has 146 valence electrons. The molecule has 0 spiro atoms. The summed E-state index contributed by atoms with van der Waals surface area (Å²) in [6, 6.07) is 5.10. The summed E-state index contributed by atoms with van der Waals surface area (Å²) >= 11 is 0. The Kier molecular flexibility index (Phi) is 7.85. The van der Waals surface area contributed by atoms with Gasteiger partial charge < -0.3 is 15.4 Å². The van der Waals surface area contributed by atoms with Crippen LogP contribution in [-0.4, -0.2) is 50.2 Å². The zero-order chi connectivity index (χ0) is 19.0. The minimum absolute atomic E-state index is 0.0829. The minimum Gasteiger partial charge on any atom is -0.380 e. The number of ether oxygens (including phenoxy) is 1.